The van der Waals surface area contributed by atoms with Crippen molar-refractivity contribution in [2.75, 3.05) is 26.7 Å². The largest absolute Gasteiger partial charge is 0.356 e. The molecule has 0 spiro atoms. The molecule has 0 bridgehead atoms. The number of likely N-dealkylation sites (tertiary alicyclic amines) is 1. The van der Waals surface area contributed by atoms with Gasteiger partial charge in [0.15, 0.2) is 5.96 Å². The lowest BCUT2D eigenvalue weighted by molar-refractivity contribution is 0.273. The van der Waals surface area contributed by atoms with Crippen LogP contribution in [0.3, 0.4) is 0 Å². The standard InChI is InChI=1S/C15H27N5/c1-13-6-9-20(10-7-13)15(16-2)17-8-4-5-14-11-18-19(3)12-14/h11-13H,4-10H2,1-3H3,(H,16,17). The third-order valence-electron chi connectivity index (χ3n) is 3.98. The number of aromatic nitrogens is 2. The maximum absolute atomic E-state index is 4.40. The van der Waals surface area contributed by atoms with Crippen LogP contribution >= 0.6 is 0 Å². The Morgan fingerprint density at radius 1 is 1.45 bits per heavy atom. The molecule has 2 rings (SSSR count). The lowest BCUT2D eigenvalue weighted by Crippen LogP contribution is -2.45. The Morgan fingerprint density at radius 2 is 2.20 bits per heavy atom. The number of nitrogens with one attached hydrogen (secondary N) is 1. The highest BCUT2D eigenvalue weighted by molar-refractivity contribution is 5.79. The Labute approximate surface area is 122 Å². The first kappa shape index (κ1) is 14.9. The highest BCUT2D eigenvalue weighted by atomic mass is 15.3. The van der Waals surface area contributed by atoms with Crippen molar-refractivity contribution < 1.29 is 0 Å². The summed E-state index contributed by atoms with van der Waals surface area (Å²) in [6.07, 6.45) is 8.75. The molecular formula is C15H27N5. The molecule has 1 saturated heterocycles. The summed E-state index contributed by atoms with van der Waals surface area (Å²) in [4.78, 5) is 6.78. The zero-order valence-corrected chi connectivity index (χ0v) is 13.0. The van der Waals surface area contributed by atoms with E-state index in [1.807, 2.05) is 25.0 Å². The quantitative estimate of drug-likeness (QED) is 0.517. The van der Waals surface area contributed by atoms with Crippen molar-refractivity contribution in [2.24, 2.45) is 18.0 Å². The first-order valence-corrected chi connectivity index (χ1v) is 7.62. The van der Waals surface area contributed by atoms with Crippen LogP contribution in [0.5, 0.6) is 0 Å². The van der Waals surface area contributed by atoms with Crippen molar-refractivity contribution in [3.63, 3.8) is 0 Å². The summed E-state index contributed by atoms with van der Waals surface area (Å²) in [7, 11) is 3.84. The monoisotopic (exact) mass is 277 g/mol. The second-order valence-corrected chi connectivity index (χ2v) is 5.77. The molecule has 0 atom stereocenters. The molecular weight excluding hydrogens is 250 g/mol. The Hall–Kier alpha value is -1.52. The molecule has 5 heteroatoms. The summed E-state index contributed by atoms with van der Waals surface area (Å²) in [5.41, 5.74) is 1.30. The van der Waals surface area contributed by atoms with Gasteiger partial charge in [-0.1, -0.05) is 6.92 Å². The minimum Gasteiger partial charge on any atom is -0.356 e. The SMILES string of the molecule is CN=C(NCCCc1cnn(C)c1)N1CCC(C)CC1. The molecule has 1 fully saturated rings. The second-order valence-electron chi connectivity index (χ2n) is 5.77. The van der Waals surface area contributed by atoms with E-state index in [9.17, 15) is 0 Å². The Kier molecular flexibility index (Phi) is 5.44. The van der Waals surface area contributed by atoms with Gasteiger partial charge in [-0.3, -0.25) is 9.67 Å². The van der Waals surface area contributed by atoms with Crippen LogP contribution in [0.2, 0.25) is 0 Å². The topological polar surface area (TPSA) is 45.5 Å². The van der Waals surface area contributed by atoms with Crippen molar-refractivity contribution in [1.29, 1.82) is 0 Å². The van der Waals surface area contributed by atoms with Crippen LogP contribution in [0.4, 0.5) is 0 Å². The van der Waals surface area contributed by atoms with Gasteiger partial charge in [0.05, 0.1) is 6.20 Å². The van der Waals surface area contributed by atoms with Crippen LogP contribution in [0, 0.1) is 5.92 Å². The van der Waals surface area contributed by atoms with Gasteiger partial charge in [-0.15, -0.1) is 0 Å². The average Bonchev–Trinajstić information content (AvgIpc) is 2.86. The molecule has 5 nitrogen and oxygen atoms in total. The van der Waals surface area contributed by atoms with Crippen LogP contribution in [-0.4, -0.2) is 47.3 Å². The predicted molar refractivity (Wildman–Crippen MR) is 82.9 cm³/mol. The van der Waals surface area contributed by atoms with Crippen molar-refractivity contribution in [3.05, 3.63) is 18.0 Å². The summed E-state index contributed by atoms with van der Waals surface area (Å²) in [5, 5.41) is 7.67. The fourth-order valence-corrected chi connectivity index (χ4v) is 2.65. The van der Waals surface area contributed by atoms with E-state index in [1.165, 1.54) is 18.4 Å². The fraction of sp³-hybridized carbons (Fsp3) is 0.733. The maximum atomic E-state index is 4.40. The molecule has 1 aliphatic rings. The van der Waals surface area contributed by atoms with Gasteiger partial charge < -0.3 is 10.2 Å². The molecule has 0 aliphatic carbocycles. The zero-order valence-electron chi connectivity index (χ0n) is 13.0. The van der Waals surface area contributed by atoms with E-state index >= 15 is 0 Å². The van der Waals surface area contributed by atoms with Crippen molar-refractivity contribution >= 4 is 5.96 Å². The summed E-state index contributed by atoms with van der Waals surface area (Å²) in [6.45, 7) is 5.56. The van der Waals surface area contributed by atoms with E-state index in [0.29, 0.717) is 0 Å². The van der Waals surface area contributed by atoms with Gasteiger partial charge in [-0.25, -0.2) is 0 Å². The maximum Gasteiger partial charge on any atom is 0.193 e. The summed E-state index contributed by atoms with van der Waals surface area (Å²) in [5.74, 6) is 1.91. The molecule has 112 valence electrons. The van der Waals surface area contributed by atoms with E-state index in [2.05, 4.69) is 33.4 Å². The number of aryl methyl sites for hydroxylation is 2. The van der Waals surface area contributed by atoms with Gasteiger partial charge in [0.2, 0.25) is 0 Å². The minimum atomic E-state index is 0.856. The molecule has 0 saturated carbocycles. The molecule has 0 radical (unpaired) electrons. The van der Waals surface area contributed by atoms with Crippen molar-refractivity contribution in [2.45, 2.75) is 32.6 Å². The first-order chi connectivity index (χ1) is 9.69. The molecule has 2 heterocycles. The van der Waals surface area contributed by atoms with E-state index in [0.717, 1.165) is 44.4 Å². The normalized spacial score (nSPS) is 17.6. The van der Waals surface area contributed by atoms with Gasteiger partial charge >= 0.3 is 0 Å². The Bertz CT molecular complexity index is 429. The number of rotatable bonds is 4. The van der Waals surface area contributed by atoms with Gasteiger partial charge in [-0.05, 0) is 37.2 Å². The Morgan fingerprint density at radius 3 is 2.80 bits per heavy atom. The van der Waals surface area contributed by atoms with Crippen LogP contribution < -0.4 is 5.32 Å². The molecule has 0 unspecified atom stereocenters. The van der Waals surface area contributed by atoms with Crippen molar-refractivity contribution in [3.8, 4) is 0 Å². The molecule has 0 amide bonds. The van der Waals surface area contributed by atoms with Gasteiger partial charge in [0.25, 0.3) is 0 Å². The number of guanidine groups is 1. The molecule has 1 aromatic heterocycles. The number of aliphatic imine (C=N–C) groups is 1. The fourth-order valence-electron chi connectivity index (χ4n) is 2.65. The number of piperidine rings is 1. The average molecular weight is 277 g/mol. The number of hydrogen-bond donors (Lipinski definition) is 1. The van der Waals surface area contributed by atoms with Crippen LogP contribution in [0.15, 0.2) is 17.4 Å². The van der Waals surface area contributed by atoms with Crippen LogP contribution in [-0.2, 0) is 13.5 Å². The lowest BCUT2D eigenvalue weighted by Gasteiger charge is -2.32. The van der Waals surface area contributed by atoms with E-state index in [1.54, 1.807) is 0 Å². The Balaban J connectivity index is 1.69. The number of hydrogen-bond acceptors (Lipinski definition) is 2. The molecule has 1 aliphatic heterocycles. The summed E-state index contributed by atoms with van der Waals surface area (Å²) < 4.78 is 1.86. The molecule has 20 heavy (non-hydrogen) atoms. The van der Waals surface area contributed by atoms with E-state index in [-0.39, 0.29) is 0 Å². The summed E-state index contributed by atoms with van der Waals surface area (Å²) in [6, 6.07) is 0. The highest BCUT2D eigenvalue weighted by Gasteiger charge is 2.18. The highest BCUT2D eigenvalue weighted by Crippen LogP contribution is 2.15. The van der Waals surface area contributed by atoms with E-state index in [4.69, 9.17) is 0 Å². The zero-order chi connectivity index (χ0) is 14.4. The van der Waals surface area contributed by atoms with Gasteiger partial charge in [0.1, 0.15) is 0 Å². The first-order valence-electron chi connectivity index (χ1n) is 7.62. The smallest absolute Gasteiger partial charge is 0.193 e. The molecule has 1 aromatic rings. The summed E-state index contributed by atoms with van der Waals surface area (Å²) >= 11 is 0. The predicted octanol–water partition coefficient (Wildman–Crippen LogP) is 1.66. The molecule has 1 N–H and O–H groups in total. The molecule has 0 aromatic carbocycles. The lowest BCUT2D eigenvalue weighted by atomic mass is 10.00. The third-order valence-corrected chi connectivity index (χ3v) is 3.98. The van der Waals surface area contributed by atoms with E-state index < -0.39 is 0 Å². The van der Waals surface area contributed by atoms with Gasteiger partial charge in [-0.2, -0.15) is 5.10 Å². The van der Waals surface area contributed by atoms with Crippen LogP contribution in [0.25, 0.3) is 0 Å². The van der Waals surface area contributed by atoms with Crippen molar-refractivity contribution in [1.82, 2.24) is 20.0 Å². The third kappa shape index (κ3) is 4.25. The second kappa shape index (κ2) is 7.31. The number of nitrogens with zero attached hydrogens (tertiary/aromatic N) is 4. The minimum absolute atomic E-state index is 0.856. The van der Waals surface area contributed by atoms with Crippen LogP contribution in [0.1, 0.15) is 31.7 Å². The van der Waals surface area contributed by atoms with Gasteiger partial charge in [0, 0.05) is 39.9 Å².